The van der Waals surface area contributed by atoms with Crippen molar-refractivity contribution >= 4 is 29.3 Å². The number of carbonyl (C=O) groups is 1. The molecule has 0 unspecified atom stereocenters. The molecule has 0 aliphatic carbocycles. The first-order chi connectivity index (χ1) is 9.58. The molecule has 1 rings (SSSR count). The Labute approximate surface area is 123 Å². The topological polar surface area (TPSA) is 79.4 Å². The number of nitrogens with zero attached hydrogens (tertiary/aromatic N) is 3. The standard InChI is InChI=1S/C12H20ClN5O2/c1-4-14-12-16-7-9(13)11(17-12)18(2)8-10(19)15-5-6-20-3/h7H,4-6,8H2,1-3H3,(H,15,19)(H,14,16,17). The van der Waals surface area contributed by atoms with Gasteiger partial charge in [-0.15, -0.1) is 0 Å². The Morgan fingerprint density at radius 1 is 1.55 bits per heavy atom. The van der Waals surface area contributed by atoms with Crippen molar-refractivity contribution in [3.05, 3.63) is 11.2 Å². The number of rotatable bonds is 8. The average Bonchev–Trinajstić information content (AvgIpc) is 2.41. The molecule has 20 heavy (non-hydrogen) atoms. The van der Waals surface area contributed by atoms with Crippen LogP contribution in [0.15, 0.2) is 6.20 Å². The van der Waals surface area contributed by atoms with Gasteiger partial charge in [-0.25, -0.2) is 4.98 Å². The molecule has 7 nitrogen and oxygen atoms in total. The fourth-order valence-corrected chi connectivity index (χ4v) is 1.74. The van der Waals surface area contributed by atoms with E-state index in [0.29, 0.717) is 36.5 Å². The molecule has 2 N–H and O–H groups in total. The van der Waals surface area contributed by atoms with E-state index in [9.17, 15) is 4.79 Å². The Kier molecular flexibility index (Phi) is 7.03. The van der Waals surface area contributed by atoms with E-state index in [1.807, 2.05) is 6.92 Å². The van der Waals surface area contributed by atoms with E-state index in [-0.39, 0.29) is 12.5 Å². The van der Waals surface area contributed by atoms with Crippen LogP contribution in [-0.2, 0) is 9.53 Å². The number of hydrogen-bond acceptors (Lipinski definition) is 6. The Morgan fingerprint density at radius 3 is 2.95 bits per heavy atom. The highest BCUT2D eigenvalue weighted by Gasteiger charge is 2.13. The number of amides is 1. The SMILES string of the molecule is CCNc1ncc(Cl)c(N(C)CC(=O)NCCOC)n1. The van der Waals surface area contributed by atoms with Crippen molar-refractivity contribution in [1.82, 2.24) is 15.3 Å². The predicted octanol–water partition coefficient (Wildman–Crippen LogP) is 0.761. The van der Waals surface area contributed by atoms with Crippen molar-refractivity contribution in [3.63, 3.8) is 0 Å². The van der Waals surface area contributed by atoms with Crippen LogP contribution in [0.5, 0.6) is 0 Å². The van der Waals surface area contributed by atoms with E-state index in [1.165, 1.54) is 6.20 Å². The van der Waals surface area contributed by atoms with E-state index in [1.54, 1.807) is 19.1 Å². The number of carbonyl (C=O) groups excluding carboxylic acids is 1. The fraction of sp³-hybridized carbons (Fsp3) is 0.583. The first-order valence-electron chi connectivity index (χ1n) is 6.31. The van der Waals surface area contributed by atoms with Crippen LogP contribution in [-0.4, -0.2) is 56.3 Å². The van der Waals surface area contributed by atoms with Crippen LogP contribution in [0.3, 0.4) is 0 Å². The first-order valence-corrected chi connectivity index (χ1v) is 6.69. The van der Waals surface area contributed by atoms with Crippen LogP contribution in [0, 0.1) is 0 Å². The maximum atomic E-state index is 11.7. The lowest BCUT2D eigenvalue weighted by molar-refractivity contribution is -0.119. The largest absolute Gasteiger partial charge is 0.383 e. The van der Waals surface area contributed by atoms with Gasteiger partial charge in [0.25, 0.3) is 0 Å². The van der Waals surface area contributed by atoms with Gasteiger partial charge < -0.3 is 20.3 Å². The number of likely N-dealkylation sites (N-methyl/N-ethyl adjacent to an activating group) is 1. The van der Waals surface area contributed by atoms with Gasteiger partial charge in [-0.1, -0.05) is 11.6 Å². The van der Waals surface area contributed by atoms with Gasteiger partial charge in [0, 0.05) is 27.2 Å². The molecular formula is C12H20ClN5O2. The van der Waals surface area contributed by atoms with Crippen LogP contribution in [0.4, 0.5) is 11.8 Å². The molecule has 0 bridgehead atoms. The summed E-state index contributed by atoms with van der Waals surface area (Å²) in [6.45, 7) is 3.77. The molecule has 0 radical (unpaired) electrons. The number of halogens is 1. The average molecular weight is 302 g/mol. The molecule has 8 heteroatoms. The Hall–Kier alpha value is -1.60. The van der Waals surface area contributed by atoms with Crippen LogP contribution in [0.25, 0.3) is 0 Å². The zero-order valence-corrected chi connectivity index (χ0v) is 12.7. The molecule has 0 spiro atoms. The smallest absolute Gasteiger partial charge is 0.239 e. The van der Waals surface area contributed by atoms with Gasteiger partial charge in [-0.05, 0) is 6.92 Å². The maximum absolute atomic E-state index is 11.7. The lowest BCUT2D eigenvalue weighted by Gasteiger charge is -2.19. The van der Waals surface area contributed by atoms with E-state index >= 15 is 0 Å². The second-order valence-electron chi connectivity index (χ2n) is 4.09. The van der Waals surface area contributed by atoms with Gasteiger partial charge in [0.2, 0.25) is 11.9 Å². The molecule has 112 valence electrons. The summed E-state index contributed by atoms with van der Waals surface area (Å²) in [6, 6.07) is 0. The van der Waals surface area contributed by atoms with Gasteiger partial charge >= 0.3 is 0 Å². The second kappa shape index (κ2) is 8.55. The third-order valence-electron chi connectivity index (χ3n) is 2.43. The van der Waals surface area contributed by atoms with Crippen LogP contribution >= 0.6 is 11.6 Å². The first kappa shape index (κ1) is 16.5. The number of aromatic nitrogens is 2. The molecule has 1 aromatic rings. The lowest BCUT2D eigenvalue weighted by Crippen LogP contribution is -2.37. The van der Waals surface area contributed by atoms with Gasteiger partial charge in [0.1, 0.15) is 5.02 Å². The molecule has 0 saturated heterocycles. The van der Waals surface area contributed by atoms with Crippen LogP contribution < -0.4 is 15.5 Å². The summed E-state index contributed by atoms with van der Waals surface area (Å²) in [6.07, 6.45) is 1.52. The summed E-state index contributed by atoms with van der Waals surface area (Å²) in [5.41, 5.74) is 0. The molecule has 1 aromatic heterocycles. The highest BCUT2D eigenvalue weighted by Crippen LogP contribution is 2.22. The molecule has 0 aromatic carbocycles. The molecule has 0 aliphatic heterocycles. The van der Waals surface area contributed by atoms with E-state index in [2.05, 4.69) is 20.6 Å². The zero-order valence-electron chi connectivity index (χ0n) is 11.9. The monoisotopic (exact) mass is 301 g/mol. The minimum atomic E-state index is -0.121. The molecule has 0 atom stereocenters. The number of ether oxygens (including phenoxy) is 1. The summed E-state index contributed by atoms with van der Waals surface area (Å²) < 4.78 is 4.87. The minimum absolute atomic E-state index is 0.121. The van der Waals surface area contributed by atoms with E-state index in [4.69, 9.17) is 16.3 Å². The maximum Gasteiger partial charge on any atom is 0.239 e. The predicted molar refractivity (Wildman–Crippen MR) is 79.4 cm³/mol. The molecule has 0 aliphatic rings. The van der Waals surface area contributed by atoms with Gasteiger partial charge in [-0.3, -0.25) is 4.79 Å². The summed E-state index contributed by atoms with van der Waals surface area (Å²) in [5, 5.41) is 6.14. The lowest BCUT2D eigenvalue weighted by atomic mass is 10.4. The molecule has 0 fully saturated rings. The van der Waals surface area contributed by atoms with Gasteiger partial charge in [0.15, 0.2) is 5.82 Å². The van der Waals surface area contributed by atoms with Crippen LogP contribution in [0.2, 0.25) is 5.02 Å². The van der Waals surface area contributed by atoms with Crippen molar-refractivity contribution in [2.75, 3.05) is 50.6 Å². The summed E-state index contributed by atoms with van der Waals surface area (Å²) in [5.74, 6) is 0.877. The number of nitrogens with one attached hydrogen (secondary N) is 2. The summed E-state index contributed by atoms with van der Waals surface area (Å²) in [4.78, 5) is 21.7. The Balaban J connectivity index is 2.63. The normalized spacial score (nSPS) is 10.2. The highest BCUT2D eigenvalue weighted by molar-refractivity contribution is 6.32. The van der Waals surface area contributed by atoms with Gasteiger partial charge in [0.05, 0.1) is 19.3 Å². The van der Waals surface area contributed by atoms with E-state index < -0.39 is 0 Å². The van der Waals surface area contributed by atoms with Crippen molar-refractivity contribution in [1.29, 1.82) is 0 Å². The molecule has 1 heterocycles. The molecular weight excluding hydrogens is 282 g/mol. The van der Waals surface area contributed by atoms with Crippen LogP contribution in [0.1, 0.15) is 6.92 Å². The fourth-order valence-electron chi connectivity index (χ4n) is 1.51. The number of hydrogen-bond donors (Lipinski definition) is 2. The van der Waals surface area contributed by atoms with Crippen molar-refractivity contribution < 1.29 is 9.53 Å². The molecule has 0 saturated carbocycles. The summed E-state index contributed by atoms with van der Waals surface area (Å²) in [7, 11) is 3.33. The minimum Gasteiger partial charge on any atom is -0.383 e. The Bertz CT molecular complexity index is 444. The Morgan fingerprint density at radius 2 is 2.30 bits per heavy atom. The second-order valence-corrected chi connectivity index (χ2v) is 4.50. The zero-order chi connectivity index (χ0) is 15.0. The van der Waals surface area contributed by atoms with Crippen molar-refractivity contribution in [2.24, 2.45) is 0 Å². The number of anilines is 2. The summed E-state index contributed by atoms with van der Waals surface area (Å²) >= 11 is 6.06. The van der Waals surface area contributed by atoms with E-state index in [0.717, 1.165) is 0 Å². The third kappa shape index (κ3) is 5.18. The number of methoxy groups -OCH3 is 1. The van der Waals surface area contributed by atoms with Crippen molar-refractivity contribution in [3.8, 4) is 0 Å². The molecule has 1 amide bonds. The quantitative estimate of drug-likeness (QED) is 0.690. The van der Waals surface area contributed by atoms with Gasteiger partial charge in [-0.2, -0.15) is 4.98 Å². The highest BCUT2D eigenvalue weighted by atomic mass is 35.5. The van der Waals surface area contributed by atoms with Crippen molar-refractivity contribution in [2.45, 2.75) is 6.92 Å². The third-order valence-corrected chi connectivity index (χ3v) is 2.70.